The lowest BCUT2D eigenvalue weighted by molar-refractivity contribution is -0.135. The van der Waals surface area contributed by atoms with Crippen LogP contribution in [0.3, 0.4) is 0 Å². The van der Waals surface area contributed by atoms with E-state index in [1.54, 1.807) is 0 Å². The second-order valence-electron chi connectivity index (χ2n) is 3.87. The van der Waals surface area contributed by atoms with E-state index in [1.165, 1.54) is 0 Å². The van der Waals surface area contributed by atoms with E-state index in [2.05, 4.69) is 15.5 Å². The fourth-order valence-electron chi connectivity index (χ4n) is 1.65. The van der Waals surface area contributed by atoms with Gasteiger partial charge in [-0.2, -0.15) is 0 Å². The van der Waals surface area contributed by atoms with Crippen LogP contribution in [-0.2, 0) is 4.79 Å². The minimum Gasteiger partial charge on any atom is -0.480 e. The summed E-state index contributed by atoms with van der Waals surface area (Å²) in [5, 5.41) is 13.2. The summed E-state index contributed by atoms with van der Waals surface area (Å²) in [6.45, 7) is 2.31. The maximum Gasteiger partial charge on any atom is 0.323 e. The molecule has 1 unspecified atom stereocenters. The molecule has 0 aromatic heterocycles. The fourth-order valence-corrected chi connectivity index (χ4v) is 1.65. The van der Waals surface area contributed by atoms with Crippen LogP contribution in [0.4, 0.5) is 4.79 Å². The third-order valence-electron chi connectivity index (χ3n) is 2.44. The first-order valence-electron chi connectivity index (χ1n) is 5.00. The Morgan fingerprint density at radius 1 is 1.47 bits per heavy atom. The summed E-state index contributed by atoms with van der Waals surface area (Å²) >= 11 is 0. The van der Waals surface area contributed by atoms with E-state index in [0.717, 1.165) is 19.5 Å². The number of carboxylic acid groups (broad SMARTS) is 1. The van der Waals surface area contributed by atoms with Gasteiger partial charge in [-0.05, 0) is 25.9 Å². The smallest absolute Gasteiger partial charge is 0.323 e. The molecular weight excluding hydrogens is 198 g/mol. The highest BCUT2D eigenvalue weighted by Gasteiger charge is 2.19. The third kappa shape index (κ3) is 4.64. The highest BCUT2D eigenvalue weighted by Crippen LogP contribution is 2.12. The number of hydrogen-bond acceptors (Lipinski definition) is 3. The SMILES string of the molecule is CN1CCC(CNC(=O)NCC(=O)O)C1. The van der Waals surface area contributed by atoms with Crippen LogP contribution in [0.1, 0.15) is 6.42 Å². The first-order chi connectivity index (χ1) is 7.08. The summed E-state index contributed by atoms with van der Waals surface area (Å²) in [7, 11) is 2.05. The molecule has 0 aliphatic carbocycles. The van der Waals surface area contributed by atoms with Gasteiger partial charge in [-0.3, -0.25) is 4.79 Å². The average Bonchev–Trinajstić information content (AvgIpc) is 2.58. The number of carbonyl (C=O) groups is 2. The number of aliphatic carboxylic acids is 1. The van der Waals surface area contributed by atoms with E-state index in [-0.39, 0.29) is 6.54 Å². The predicted molar refractivity (Wildman–Crippen MR) is 54.6 cm³/mol. The number of nitrogens with one attached hydrogen (secondary N) is 2. The predicted octanol–water partition coefficient (Wildman–Crippen LogP) is -0.678. The number of hydrogen-bond donors (Lipinski definition) is 3. The molecule has 0 bridgehead atoms. The van der Waals surface area contributed by atoms with Crippen LogP contribution in [0, 0.1) is 5.92 Å². The maximum absolute atomic E-state index is 11.1. The molecule has 0 radical (unpaired) electrons. The number of urea groups is 1. The van der Waals surface area contributed by atoms with Crippen molar-refractivity contribution in [1.29, 1.82) is 0 Å². The lowest BCUT2D eigenvalue weighted by Gasteiger charge is -2.11. The Hall–Kier alpha value is -1.30. The lowest BCUT2D eigenvalue weighted by atomic mass is 10.1. The Morgan fingerprint density at radius 3 is 2.73 bits per heavy atom. The molecule has 86 valence electrons. The van der Waals surface area contributed by atoms with Gasteiger partial charge in [0.15, 0.2) is 0 Å². The molecule has 1 aliphatic heterocycles. The number of rotatable bonds is 4. The van der Waals surface area contributed by atoms with E-state index < -0.39 is 12.0 Å². The standard InChI is InChI=1S/C9H17N3O3/c1-12-3-2-7(6-12)4-10-9(15)11-5-8(13)14/h7H,2-6H2,1H3,(H,13,14)(H2,10,11,15). The summed E-state index contributed by atoms with van der Waals surface area (Å²) in [5.74, 6) is -0.559. The fraction of sp³-hybridized carbons (Fsp3) is 0.778. The van der Waals surface area contributed by atoms with Crippen LogP contribution in [0.15, 0.2) is 0 Å². The van der Waals surface area contributed by atoms with Crippen LogP contribution >= 0.6 is 0 Å². The number of amides is 2. The van der Waals surface area contributed by atoms with E-state index in [1.807, 2.05) is 7.05 Å². The van der Waals surface area contributed by atoms with Crippen molar-refractivity contribution >= 4 is 12.0 Å². The van der Waals surface area contributed by atoms with Crippen LogP contribution in [-0.4, -0.2) is 55.2 Å². The van der Waals surface area contributed by atoms with E-state index in [4.69, 9.17) is 5.11 Å². The first-order valence-corrected chi connectivity index (χ1v) is 5.00. The van der Waals surface area contributed by atoms with Crippen LogP contribution in [0.25, 0.3) is 0 Å². The molecule has 2 amide bonds. The Bertz CT molecular complexity index is 245. The number of likely N-dealkylation sites (tertiary alicyclic amines) is 1. The van der Waals surface area contributed by atoms with Gasteiger partial charge >= 0.3 is 12.0 Å². The second-order valence-corrected chi connectivity index (χ2v) is 3.87. The zero-order valence-electron chi connectivity index (χ0n) is 8.82. The summed E-state index contributed by atoms with van der Waals surface area (Å²) < 4.78 is 0. The van der Waals surface area contributed by atoms with Crippen molar-refractivity contribution in [3.8, 4) is 0 Å². The number of carboxylic acids is 1. The van der Waals surface area contributed by atoms with E-state index in [0.29, 0.717) is 12.5 Å². The average molecular weight is 215 g/mol. The van der Waals surface area contributed by atoms with Gasteiger partial charge in [0.25, 0.3) is 0 Å². The Kier molecular flexibility index (Phi) is 4.36. The molecule has 6 nitrogen and oxygen atoms in total. The molecule has 1 rings (SSSR count). The Morgan fingerprint density at radius 2 is 2.20 bits per heavy atom. The van der Waals surface area contributed by atoms with Gasteiger partial charge in [-0.25, -0.2) is 4.79 Å². The molecule has 3 N–H and O–H groups in total. The Balaban J connectivity index is 2.09. The summed E-state index contributed by atoms with van der Waals surface area (Å²) in [4.78, 5) is 23.5. The van der Waals surface area contributed by atoms with Crippen molar-refractivity contribution in [1.82, 2.24) is 15.5 Å². The normalized spacial score (nSPS) is 21.3. The number of carbonyl (C=O) groups excluding carboxylic acids is 1. The van der Waals surface area contributed by atoms with Crippen molar-refractivity contribution < 1.29 is 14.7 Å². The minimum atomic E-state index is -1.04. The molecule has 0 saturated carbocycles. The van der Waals surface area contributed by atoms with Gasteiger partial charge in [0.1, 0.15) is 6.54 Å². The molecule has 6 heteroatoms. The first kappa shape index (κ1) is 11.8. The molecule has 15 heavy (non-hydrogen) atoms. The molecular formula is C9H17N3O3. The third-order valence-corrected chi connectivity index (χ3v) is 2.44. The van der Waals surface area contributed by atoms with E-state index >= 15 is 0 Å². The highest BCUT2D eigenvalue weighted by atomic mass is 16.4. The molecule has 1 atom stereocenters. The molecule has 0 spiro atoms. The molecule has 0 aromatic rings. The van der Waals surface area contributed by atoms with Gasteiger partial charge in [0.05, 0.1) is 0 Å². The van der Waals surface area contributed by atoms with Crippen molar-refractivity contribution in [3.63, 3.8) is 0 Å². The van der Waals surface area contributed by atoms with Crippen molar-refractivity contribution in [2.75, 3.05) is 33.2 Å². The Labute approximate surface area is 88.6 Å². The summed E-state index contributed by atoms with van der Waals surface area (Å²) in [6.07, 6.45) is 1.08. The minimum absolute atomic E-state index is 0.337. The van der Waals surface area contributed by atoms with Gasteiger partial charge < -0.3 is 20.6 Å². The molecule has 1 heterocycles. The van der Waals surface area contributed by atoms with Gasteiger partial charge in [-0.1, -0.05) is 0 Å². The molecule has 1 fully saturated rings. The quantitative estimate of drug-likeness (QED) is 0.580. The number of nitrogens with zero attached hydrogens (tertiary/aromatic N) is 1. The van der Waals surface area contributed by atoms with Crippen LogP contribution < -0.4 is 10.6 Å². The van der Waals surface area contributed by atoms with Crippen LogP contribution in [0.5, 0.6) is 0 Å². The highest BCUT2D eigenvalue weighted by molar-refractivity contribution is 5.79. The summed E-state index contributed by atoms with van der Waals surface area (Å²) in [6, 6.07) is -0.410. The molecule has 1 saturated heterocycles. The molecule has 0 aromatic carbocycles. The van der Waals surface area contributed by atoms with Gasteiger partial charge in [0.2, 0.25) is 0 Å². The van der Waals surface area contributed by atoms with Crippen molar-refractivity contribution in [2.45, 2.75) is 6.42 Å². The van der Waals surface area contributed by atoms with Crippen molar-refractivity contribution in [2.24, 2.45) is 5.92 Å². The zero-order chi connectivity index (χ0) is 11.3. The van der Waals surface area contributed by atoms with Crippen molar-refractivity contribution in [3.05, 3.63) is 0 Å². The van der Waals surface area contributed by atoms with Crippen LogP contribution in [0.2, 0.25) is 0 Å². The van der Waals surface area contributed by atoms with Gasteiger partial charge in [-0.15, -0.1) is 0 Å². The maximum atomic E-state index is 11.1. The van der Waals surface area contributed by atoms with Gasteiger partial charge in [0, 0.05) is 13.1 Å². The summed E-state index contributed by atoms with van der Waals surface area (Å²) in [5.41, 5.74) is 0. The molecule has 1 aliphatic rings. The van der Waals surface area contributed by atoms with E-state index in [9.17, 15) is 9.59 Å². The topological polar surface area (TPSA) is 81.7 Å². The monoisotopic (exact) mass is 215 g/mol. The largest absolute Gasteiger partial charge is 0.480 e. The zero-order valence-corrected chi connectivity index (χ0v) is 8.82. The second kappa shape index (κ2) is 5.55. The lowest BCUT2D eigenvalue weighted by Crippen LogP contribution is -2.40.